The number of aromatic nitrogens is 1. The van der Waals surface area contributed by atoms with E-state index in [9.17, 15) is 9.90 Å². The van der Waals surface area contributed by atoms with Crippen molar-refractivity contribution < 1.29 is 9.90 Å². The molecule has 2 unspecified atom stereocenters. The number of carbonyl (C=O) groups excluding carboxylic acids is 1. The number of carbonyl (C=O) groups is 1. The highest BCUT2D eigenvalue weighted by Crippen LogP contribution is 2.52. The van der Waals surface area contributed by atoms with Crippen molar-refractivity contribution >= 4 is 5.91 Å². The molecule has 1 aliphatic carbocycles. The molecule has 1 amide bonds. The zero-order chi connectivity index (χ0) is 17.5. The number of nitrogens with zero attached hydrogens (tertiary/aromatic N) is 3. The molecule has 1 aromatic heterocycles. The summed E-state index contributed by atoms with van der Waals surface area (Å²) in [5, 5.41) is 22.3. The van der Waals surface area contributed by atoms with Gasteiger partial charge >= 0.3 is 0 Å². The normalized spacial score (nSPS) is 32.6. The molecule has 6 nitrogen and oxygen atoms in total. The number of nitrogens with one attached hydrogen (secondary N) is 1. The van der Waals surface area contributed by atoms with Gasteiger partial charge in [-0.05, 0) is 37.9 Å². The minimum Gasteiger partial charge on any atom is -0.391 e. The van der Waals surface area contributed by atoms with E-state index in [0.717, 1.165) is 19.4 Å². The van der Waals surface area contributed by atoms with E-state index >= 15 is 0 Å². The Morgan fingerprint density at radius 2 is 2.25 bits per heavy atom. The van der Waals surface area contributed by atoms with Crippen LogP contribution in [-0.2, 0) is 0 Å². The topological polar surface area (TPSA) is 89.2 Å². The average molecular weight is 328 g/mol. The Morgan fingerprint density at radius 3 is 2.88 bits per heavy atom. The van der Waals surface area contributed by atoms with E-state index in [4.69, 9.17) is 5.26 Å². The number of amides is 1. The summed E-state index contributed by atoms with van der Waals surface area (Å²) in [5.74, 6) is 0.182. The van der Waals surface area contributed by atoms with Crippen LogP contribution in [-0.4, -0.2) is 52.7 Å². The van der Waals surface area contributed by atoms with Gasteiger partial charge in [-0.25, -0.2) is 4.98 Å². The van der Waals surface area contributed by atoms with Crippen LogP contribution in [0.4, 0.5) is 0 Å². The van der Waals surface area contributed by atoms with E-state index in [1.807, 2.05) is 6.07 Å². The van der Waals surface area contributed by atoms with E-state index in [1.54, 1.807) is 18.2 Å². The molecule has 3 rings (SSSR count). The third kappa shape index (κ3) is 2.79. The lowest BCUT2D eigenvalue weighted by Crippen LogP contribution is -2.64. The van der Waals surface area contributed by atoms with Crippen molar-refractivity contribution in [2.24, 2.45) is 11.3 Å². The lowest BCUT2D eigenvalue weighted by atomic mass is 9.66. The molecule has 0 bridgehead atoms. The van der Waals surface area contributed by atoms with E-state index in [0.29, 0.717) is 12.0 Å². The van der Waals surface area contributed by atoms with Crippen molar-refractivity contribution in [3.05, 3.63) is 29.6 Å². The Kier molecular flexibility index (Phi) is 4.33. The van der Waals surface area contributed by atoms with Gasteiger partial charge in [0, 0.05) is 18.0 Å². The number of hydrogen-bond acceptors (Lipinski definition) is 5. The van der Waals surface area contributed by atoms with Crippen LogP contribution < -0.4 is 5.32 Å². The first-order valence-electron chi connectivity index (χ1n) is 8.42. The predicted molar refractivity (Wildman–Crippen MR) is 89.1 cm³/mol. The SMILES string of the molecule is CC(C)C1N(C)CC12C[C@@H](O)[C@H](NC(=O)c1cccc(C#N)n1)C2. The summed E-state index contributed by atoms with van der Waals surface area (Å²) in [4.78, 5) is 18.8. The highest BCUT2D eigenvalue weighted by atomic mass is 16.3. The summed E-state index contributed by atoms with van der Waals surface area (Å²) in [6.45, 7) is 5.37. The van der Waals surface area contributed by atoms with Crippen molar-refractivity contribution in [1.29, 1.82) is 5.26 Å². The minimum absolute atomic E-state index is 0.0855. The molecular weight excluding hydrogens is 304 g/mol. The molecule has 128 valence electrons. The Hall–Kier alpha value is -1.97. The summed E-state index contributed by atoms with van der Waals surface area (Å²) in [6, 6.07) is 6.90. The van der Waals surface area contributed by atoms with Crippen LogP contribution in [0.25, 0.3) is 0 Å². The van der Waals surface area contributed by atoms with Crippen LogP contribution in [0.1, 0.15) is 42.9 Å². The van der Waals surface area contributed by atoms with Gasteiger partial charge in [-0.15, -0.1) is 0 Å². The summed E-state index contributed by atoms with van der Waals surface area (Å²) in [6.07, 6.45) is 0.963. The summed E-state index contributed by atoms with van der Waals surface area (Å²) >= 11 is 0. The first-order chi connectivity index (χ1) is 11.4. The van der Waals surface area contributed by atoms with Gasteiger partial charge in [-0.1, -0.05) is 19.9 Å². The average Bonchev–Trinajstić information content (AvgIpc) is 2.84. The van der Waals surface area contributed by atoms with Crippen molar-refractivity contribution in [2.45, 2.75) is 44.9 Å². The number of aliphatic hydroxyl groups is 1. The number of aliphatic hydroxyl groups excluding tert-OH is 1. The third-order valence-electron chi connectivity index (χ3n) is 5.42. The van der Waals surface area contributed by atoms with Crippen LogP contribution in [0, 0.1) is 22.7 Å². The highest BCUT2D eigenvalue weighted by molar-refractivity contribution is 5.92. The minimum atomic E-state index is -0.539. The molecule has 1 saturated heterocycles. The fourth-order valence-corrected chi connectivity index (χ4v) is 4.86. The van der Waals surface area contributed by atoms with E-state index in [1.165, 1.54) is 0 Å². The van der Waals surface area contributed by atoms with Crippen molar-refractivity contribution in [2.75, 3.05) is 13.6 Å². The van der Waals surface area contributed by atoms with Gasteiger partial charge in [0.15, 0.2) is 0 Å². The van der Waals surface area contributed by atoms with Gasteiger partial charge in [0.2, 0.25) is 0 Å². The fourth-order valence-electron chi connectivity index (χ4n) is 4.86. The molecule has 1 aromatic rings. The van der Waals surface area contributed by atoms with Gasteiger partial charge in [0.1, 0.15) is 17.5 Å². The van der Waals surface area contributed by atoms with Gasteiger partial charge in [0.25, 0.3) is 5.91 Å². The van der Waals surface area contributed by atoms with Crippen LogP contribution in [0.5, 0.6) is 0 Å². The largest absolute Gasteiger partial charge is 0.391 e. The maximum absolute atomic E-state index is 12.4. The number of likely N-dealkylation sites (tertiary alicyclic amines) is 1. The van der Waals surface area contributed by atoms with Crippen LogP contribution in [0.2, 0.25) is 0 Å². The molecule has 2 fully saturated rings. The number of hydrogen-bond donors (Lipinski definition) is 2. The molecule has 1 saturated carbocycles. The monoisotopic (exact) mass is 328 g/mol. The Labute approximate surface area is 142 Å². The number of rotatable bonds is 3. The molecule has 1 aliphatic heterocycles. The van der Waals surface area contributed by atoms with Crippen LogP contribution in [0.3, 0.4) is 0 Å². The Balaban J connectivity index is 1.70. The zero-order valence-corrected chi connectivity index (χ0v) is 14.4. The highest BCUT2D eigenvalue weighted by Gasteiger charge is 2.58. The summed E-state index contributed by atoms with van der Waals surface area (Å²) in [7, 11) is 2.12. The smallest absolute Gasteiger partial charge is 0.270 e. The molecule has 2 N–H and O–H groups in total. The Bertz CT molecular complexity index is 679. The molecule has 4 atom stereocenters. The van der Waals surface area contributed by atoms with Crippen molar-refractivity contribution in [1.82, 2.24) is 15.2 Å². The maximum Gasteiger partial charge on any atom is 0.270 e. The molecular formula is C18H24N4O2. The molecule has 6 heteroatoms. The maximum atomic E-state index is 12.4. The molecule has 24 heavy (non-hydrogen) atoms. The number of pyridine rings is 1. The second-order valence-electron chi connectivity index (χ2n) is 7.54. The van der Waals surface area contributed by atoms with E-state index < -0.39 is 6.10 Å². The van der Waals surface area contributed by atoms with Crippen molar-refractivity contribution in [3.8, 4) is 6.07 Å². The Morgan fingerprint density at radius 1 is 1.50 bits per heavy atom. The molecule has 1 spiro atoms. The van der Waals surface area contributed by atoms with Gasteiger partial charge in [0.05, 0.1) is 12.1 Å². The van der Waals surface area contributed by atoms with Crippen LogP contribution in [0.15, 0.2) is 18.2 Å². The van der Waals surface area contributed by atoms with E-state index in [-0.39, 0.29) is 28.8 Å². The molecule has 2 heterocycles. The standard InChI is InChI=1S/C18H24N4O2/c1-11(2)16-18(10-22(16)3)7-14(15(23)8-18)21-17(24)13-6-4-5-12(9-19)20-13/h4-6,11,14-16,23H,7-8,10H2,1-3H3,(H,21,24)/t14-,15-,16?,18?/m1/s1. The summed E-state index contributed by atoms with van der Waals surface area (Å²) in [5.41, 5.74) is 0.516. The first-order valence-corrected chi connectivity index (χ1v) is 8.42. The van der Waals surface area contributed by atoms with Crippen LogP contribution >= 0.6 is 0 Å². The fraction of sp³-hybridized carbons (Fsp3) is 0.611. The van der Waals surface area contributed by atoms with Gasteiger partial charge < -0.3 is 15.3 Å². The van der Waals surface area contributed by atoms with Gasteiger partial charge in [-0.2, -0.15) is 5.26 Å². The van der Waals surface area contributed by atoms with Gasteiger partial charge in [-0.3, -0.25) is 4.79 Å². The van der Waals surface area contributed by atoms with Crippen molar-refractivity contribution in [3.63, 3.8) is 0 Å². The number of nitriles is 1. The second-order valence-corrected chi connectivity index (χ2v) is 7.54. The molecule has 0 radical (unpaired) electrons. The zero-order valence-electron chi connectivity index (χ0n) is 14.4. The lowest BCUT2D eigenvalue weighted by molar-refractivity contribution is -0.0827. The third-order valence-corrected chi connectivity index (χ3v) is 5.42. The first kappa shape index (κ1) is 16.9. The van der Waals surface area contributed by atoms with E-state index in [2.05, 4.69) is 36.1 Å². The molecule has 0 aromatic carbocycles. The summed E-state index contributed by atoms with van der Waals surface area (Å²) < 4.78 is 0. The second kappa shape index (κ2) is 6.15. The quantitative estimate of drug-likeness (QED) is 0.869. The lowest BCUT2D eigenvalue weighted by Gasteiger charge is -2.57. The predicted octanol–water partition coefficient (Wildman–Crippen LogP) is 1.16. The molecule has 2 aliphatic rings.